The first-order chi connectivity index (χ1) is 55.8. The number of fused-ring (bicyclic) bond motifs is 23. The molecule has 0 aromatic heterocycles. The average Bonchev–Trinajstić information content (AvgIpc) is 1.52. The van der Waals surface area contributed by atoms with Crippen LogP contribution in [0.1, 0.15) is 370 Å². The van der Waals surface area contributed by atoms with Crippen LogP contribution < -0.4 is 0 Å². The maximum Gasteiger partial charge on any atom is 0.156 e. The van der Waals surface area contributed by atoms with Gasteiger partial charge in [-0.15, -0.1) is 0 Å². The molecule has 3 heterocycles. The van der Waals surface area contributed by atoms with Gasteiger partial charge in [0.05, 0.1) is 53.4 Å². The summed E-state index contributed by atoms with van der Waals surface area (Å²) in [6.07, 6.45) is 52.3. The highest BCUT2D eigenvalue weighted by Gasteiger charge is 2.71. The Balaban J connectivity index is 0.000000118. The molecule has 119 heavy (non-hydrogen) atoms. The first-order valence-corrected chi connectivity index (χ1v) is 50.5. The predicted octanol–water partition coefficient (Wildman–Crippen LogP) is 23.5. The smallest absolute Gasteiger partial charge is 0.156 e. The molecule has 668 valence electrons. The van der Waals surface area contributed by atoms with Gasteiger partial charge in [0.2, 0.25) is 0 Å². The van der Waals surface area contributed by atoms with Gasteiger partial charge >= 0.3 is 0 Å². The number of ketones is 4. The number of carbonyl (C=O) groups excluding carboxylic acids is 4. The maximum absolute atomic E-state index is 12.1. The summed E-state index contributed by atoms with van der Waals surface area (Å²) in [4.78, 5) is 48.4. The van der Waals surface area contributed by atoms with E-state index in [2.05, 4.69) is 143 Å². The number of aliphatic hydroxyl groups excluding tert-OH is 3. The number of allylic oxidation sites excluding steroid dienone is 6. The van der Waals surface area contributed by atoms with Crippen LogP contribution in [0.2, 0.25) is 0 Å². The van der Waals surface area contributed by atoms with Gasteiger partial charge in [-0.05, 0) is 445 Å². The van der Waals surface area contributed by atoms with E-state index in [0.29, 0.717) is 142 Å². The van der Waals surface area contributed by atoms with E-state index in [1.807, 2.05) is 12.2 Å². The second-order valence-corrected chi connectivity index (χ2v) is 50.0. The minimum absolute atomic E-state index is 0.111. The molecule has 37 atom stereocenters. The lowest BCUT2D eigenvalue weighted by Gasteiger charge is -2.62. The summed E-state index contributed by atoms with van der Waals surface area (Å²) >= 11 is 0. The van der Waals surface area contributed by atoms with Crippen LogP contribution in [0.4, 0.5) is 0 Å². The van der Waals surface area contributed by atoms with Crippen LogP contribution in [0, 0.1) is 174 Å². The van der Waals surface area contributed by atoms with E-state index in [9.17, 15) is 39.6 Å². The number of hydrogen-bond acceptors (Lipinski definition) is 11. The summed E-state index contributed by atoms with van der Waals surface area (Å²) in [5.74, 6) is 16.1. The SMILES string of the molecule is CC(C)=CCC[C@@H](C)[C@H]1CC[C@H]2[C@@H]3C=CC4=CC(=O)CC[C@]4(C)[C@H]3CC[C@]12C.C[C@H](CCC(O)C(C)(C)O)[C@H]1CC[C@H]2[C@@H]3C(O)C[C@@H]4CC(=O)CC[C@]4(C)[C@H]3CC[C@]12C.C[C@H](CCC1OC1(C)C)[C@H]1CC[C@H]2[C@@H]3C(O)C[C@@H]4CC(=O)CC[C@]4(C)[C@H]3CC[C@]12C.C[C@H](CCC1OC1(C)C)[C@H]1CC[C@H]2[C@@H]3C4OC4C4=CC(=O)CC[C@]4(C)[C@H]3CC[C@]12C. The van der Waals surface area contributed by atoms with Crippen LogP contribution in [-0.4, -0.2) is 103 Å². The second-order valence-electron chi connectivity index (χ2n) is 50.0. The highest BCUT2D eigenvalue weighted by atomic mass is 16.6. The Morgan fingerprint density at radius 3 is 1.34 bits per heavy atom. The van der Waals surface area contributed by atoms with Gasteiger partial charge in [0.1, 0.15) is 17.7 Å². The Morgan fingerprint density at radius 1 is 0.471 bits per heavy atom. The normalized spacial score (nSPS) is 49.3. The zero-order valence-corrected chi connectivity index (χ0v) is 78.7. The molecule has 0 aromatic rings. The van der Waals surface area contributed by atoms with Crippen molar-refractivity contribution in [2.24, 2.45) is 174 Å². The minimum atomic E-state index is -1.04. The molecule has 19 aliphatic rings. The average molecular weight is 1640 g/mol. The van der Waals surface area contributed by atoms with Gasteiger partial charge in [0.15, 0.2) is 11.6 Å². The lowest BCUT2D eigenvalue weighted by Crippen LogP contribution is -2.58. The number of ether oxygens (including phenoxy) is 3. The molecule has 0 aromatic carbocycles. The largest absolute Gasteiger partial charge is 0.393 e. The number of carbonyl (C=O) groups is 4. The van der Waals surface area contributed by atoms with E-state index in [0.717, 1.165) is 136 Å². The minimum Gasteiger partial charge on any atom is -0.393 e. The Kier molecular flexibility index (Phi) is 24.5. The van der Waals surface area contributed by atoms with Gasteiger partial charge in [-0.25, -0.2) is 0 Å². The van der Waals surface area contributed by atoms with Crippen LogP contribution in [-0.2, 0) is 33.4 Å². The van der Waals surface area contributed by atoms with E-state index < -0.39 is 11.7 Å². The van der Waals surface area contributed by atoms with Crippen molar-refractivity contribution in [3.05, 3.63) is 47.1 Å². The highest BCUT2D eigenvalue weighted by Crippen LogP contribution is 2.75. The van der Waals surface area contributed by atoms with E-state index in [1.165, 1.54) is 158 Å². The molecule has 19 rings (SSSR count). The third-order valence-corrected chi connectivity index (χ3v) is 42.8. The molecule has 0 radical (unpaired) electrons. The summed E-state index contributed by atoms with van der Waals surface area (Å²) in [6.45, 7) is 46.7. The first kappa shape index (κ1) is 89.7. The van der Waals surface area contributed by atoms with E-state index in [4.69, 9.17) is 14.2 Å². The first-order valence-electron chi connectivity index (χ1n) is 50.5. The topological polar surface area (TPSA) is 187 Å². The molecule has 3 aliphatic heterocycles. The monoisotopic (exact) mass is 1640 g/mol. The quantitative estimate of drug-likeness (QED) is 0.0802. The number of hydrogen-bond donors (Lipinski definition) is 4. The van der Waals surface area contributed by atoms with E-state index in [-0.39, 0.29) is 56.6 Å². The molecule has 7 unspecified atom stereocenters. The molecular formula is C108H170O11. The highest BCUT2D eigenvalue weighted by molar-refractivity contribution is 5.93. The summed E-state index contributed by atoms with van der Waals surface area (Å²) < 4.78 is 18.1. The van der Waals surface area contributed by atoms with Crippen molar-refractivity contribution in [3.8, 4) is 0 Å². The van der Waals surface area contributed by atoms with Crippen LogP contribution in [0.25, 0.3) is 0 Å². The molecule has 11 nitrogen and oxygen atoms in total. The maximum atomic E-state index is 12.1. The predicted molar refractivity (Wildman–Crippen MR) is 476 cm³/mol. The fourth-order valence-corrected chi connectivity index (χ4v) is 35.3. The molecule has 0 bridgehead atoms. The molecule has 11 heteroatoms. The Morgan fingerprint density at radius 2 is 0.874 bits per heavy atom. The molecule has 4 N–H and O–H groups in total. The van der Waals surface area contributed by atoms with Gasteiger partial charge < -0.3 is 34.6 Å². The summed E-state index contributed by atoms with van der Waals surface area (Å²) in [5.41, 5.74) is 5.91. The number of rotatable bonds is 17. The van der Waals surface area contributed by atoms with Crippen molar-refractivity contribution < 1.29 is 53.8 Å². The van der Waals surface area contributed by atoms with Crippen molar-refractivity contribution in [2.75, 3.05) is 0 Å². The third-order valence-electron chi connectivity index (χ3n) is 42.8. The van der Waals surface area contributed by atoms with Gasteiger partial charge in [0.25, 0.3) is 0 Å². The van der Waals surface area contributed by atoms with Crippen LogP contribution in [0.15, 0.2) is 47.1 Å². The molecule has 13 saturated carbocycles. The van der Waals surface area contributed by atoms with Crippen molar-refractivity contribution in [1.82, 2.24) is 0 Å². The fourth-order valence-electron chi connectivity index (χ4n) is 35.3. The lowest BCUT2D eigenvalue weighted by molar-refractivity contribution is -0.169. The number of Topliss-reactive ketones (excluding diaryl/α,β-unsaturated/α-hetero) is 2. The Labute approximate surface area is 722 Å². The van der Waals surface area contributed by atoms with Crippen molar-refractivity contribution in [3.63, 3.8) is 0 Å². The Hall–Kier alpha value is -2.64. The van der Waals surface area contributed by atoms with Crippen LogP contribution in [0.3, 0.4) is 0 Å². The molecule has 16 fully saturated rings. The van der Waals surface area contributed by atoms with Crippen LogP contribution >= 0.6 is 0 Å². The molecule has 0 amide bonds. The number of aliphatic hydroxyl groups is 4. The summed E-state index contributed by atoms with van der Waals surface area (Å²) in [5, 5.41) is 43.1. The van der Waals surface area contributed by atoms with Gasteiger partial charge in [-0.2, -0.15) is 0 Å². The molecule has 3 saturated heterocycles. The Bertz CT molecular complexity index is 3880. The van der Waals surface area contributed by atoms with Crippen molar-refractivity contribution in [1.29, 1.82) is 0 Å². The molecule has 16 aliphatic carbocycles. The van der Waals surface area contributed by atoms with Crippen LogP contribution in [0.5, 0.6) is 0 Å². The second kappa shape index (κ2) is 32.5. The third kappa shape index (κ3) is 15.9. The van der Waals surface area contributed by atoms with Gasteiger partial charge in [0, 0.05) is 38.5 Å². The molecular weight excluding hydrogens is 1470 g/mol. The van der Waals surface area contributed by atoms with Gasteiger partial charge in [-0.3, -0.25) is 19.2 Å². The van der Waals surface area contributed by atoms with E-state index >= 15 is 0 Å². The van der Waals surface area contributed by atoms with Gasteiger partial charge in [-0.1, -0.05) is 107 Å². The zero-order chi connectivity index (χ0) is 85.4. The molecule has 0 spiro atoms. The van der Waals surface area contributed by atoms with Crippen molar-refractivity contribution >= 4 is 23.1 Å². The fraction of sp³-hybridized carbons (Fsp3) is 0.889. The standard InChI is InChI=1S/C27H46O4.C27H40O3.C27H44O3.C27H40O/c1-16(6-9-23(30)25(2,3)31)19-7-8-20-24-21(11-13-27(19,20)5)26(4)12-10-18(28)14-17(26)15-22(24)29;1-15(6-9-21-25(2,3)30-21)17-7-8-18-22-19(11-13-26(17,18)4)27(5)12-10-16(28)14-20(27)23-24(22)29-23;1-16(6-9-23-25(2,3)30-23)19-7-8-20-24-21(11-13-27(19,20)5)26(4)12-10-18(28)14-17(26)15-22(24)29;1-18(2)7-6-8-19(3)23-11-12-24-22-10-9-20-17-21(28)13-15-26(20,4)25(22)14-16-27(23,24)5/h16-17,19-24,29-31H,6-15H2,1-5H3;14-15,17-19,21-24H,6-13H2,1-5H3;16-17,19-24,29H,6-15H2,1-5H3;7,9-10,17,19,22-25H,6,8,11-16H2,1-5H3/t16-,17+,19-,20+,21+,22?,23?,24+,26+,27-;15-,17-,18+,19+,21?,22+,23?,24?,26-,27-;16-,17+,19-,20+,21+,22?,23?,24+,26+,27-;19-,22+,23-,24+,25+,26+,27-/m1111/s1. The number of epoxide rings is 3. The van der Waals surface area contributed by atoms with E-state index in [1.54, 1.807) is 13.8 Å². The summed E-state index contributed by atoms with van der Waals surface area (Å²) in [6, 6.07) is 0. The summed E-state index contributed by atoms with van der Waals surface area (Å²) in [7, 11) is 0. The van der Waals surface area contributed by atoms with Crippen molar-refractivity contribution in [2.45, 2.75) is 429 Å². The lowest BCUT2D eigenvalue weighted by atomic mass is 9.44. The zero-order valence-electron chi connectivity index (χ0n) is 78.7.